The van der Waals surface area contributed by atoms with Gasteiger partial charge in [-0.05, 0) is 30.3 Å². The second kappa shape index (κ2) is 7.10. The Bertz CT molecular complexity index is 1060. The number of alkyl halides is 3. The summed E-state index contributed by atoms with van der Waals surface area (Å²) < 4.78 is 43.5. The molecule has 4 aromatic rings. The van der Waals surface area contributed by atoms with Crippen LogP contribution in [0.25, 0.3) is 17.1 Å². The van der Waals surface area contributed by atoms with Gasteiger partial charge in [0.1, 0.15) is 12.7 Å². The van der Waals surface area contributed by atoms with Gasteiger partial charge in [-0.15, -0.1) is 0 Å². The molecule has 0 atom stereocenters. The molecule has 8 nitrogen and oxygen atoms in total. The van der Waals surface area contributed by atoms with Gasteiger partial charge in [0.05, 0.1) is 17.9 Å². The first-order chi connectivity index (χ1) is 13.5. The first-order valence-corrected chi connectivity index (χ1v) is 8.04. The Hall–Kier alpha value is -3.76. The van der Waals surface area contributed by atoms with Gasteiger partial charge in [-0.1, -0.05) is 11.2 Å². The van der Waals surface area contributed by atoms with Crippen molar-refractivity contribution in [1.82, 2.24) is 29.9 Å². The Morgan fingerprint density at radius 3 is 2.71 bits per heavy atom. The lowest BCUT2D eigenvalue weighted by atomic mass is 10.2. The van der Waals surface area contributed by atoms with Crippen molar-refractivity contribution in [2.75, 3.05) is 5.32 Å². The average Bonchev–Trinajstić information content (AvgIpc) is 3.39. The van der Waals surface area contributed by atoms with E-state index in [9.17, 15) is 13.2 Å². The van der Waals surface area contributed by atoms with Crippen molar-refractivity contribution < 1.29 is 17.7 Å². The zero-order valence-corrected chi connectivity index (χ0v) is 14.1. The van der Waals surface area contributed by atoms with Crippen LogP contribution in [0.4, 0.5) is 18.9 Å². The summed E-state index contributed by atoms with van der Waals surface area (Å²) in [4.78, 5) is 11.5. The molecule has 1 N–H and O–H groups in total. The molecular weight excluding hydrogens is 375 g/mol. The Kier molecular flexibility index (Phi) is 4.47. The quantitative estimate of drug-likeness (QED) is 0.561. The molecule has 1 aromatic carbocycles. The van der Waals surface area contributed by atoms with Crippen molar-refractivity contribution in [3.63, 3.8) is 0 Å². The van der Waals surface area contributed by atoms with Gasteiger partial charge in [0.15, 0.2) is 0 Å². The third kappa shape index (κ3) is 3.82. The highest BCUT2D eigenvalue weighted by Crippen LogP contribution is 2.29. The molecule has 142 valence electrons. The van der Waals surface area contributed by atoms with Crippen molar-refractivity contribution in [1.29, 1.82) is 0 Å². The van der Waals surface area contributed by atoms with Crippen molar-refractivity contribution >= 4 is 5.69 Å². The zero-order valence-electron chi connectivity index (χ0n) is 14.1. The van der Waals surface area contributed by atoms with E-state index in [4.69, 9.17) is 0 Å². The molecule has 0 fully saturated rings. The molecule has 0 unspecified atom stereocenters. The minimum atomic E-state index is -4.68. The Morgan fingerprint density at radius 1 is 1.14 bits per heavy atom. The fraction of sp³-hybridized carbons (Fsp3) is 0.118. The molecule has 4 rings (SSSR count). The number of halogens is 3. The third-order valence-electron chi connectivity index (χ3n) is 3.75. The Morgan fingerprint density at radius 2 is 2.04 bits per heavy atom. The summed E-state index contributed by atoms with van der Waals surface area (Å²) in [7, 11) is 0. The van der Waals surface area contributed by atoms with E-state index in [-0.39, 0.29) is 5.82 Å². The molecule has 0 bridgehead atoms. The number of nitrogens with zero attached hydrogens (tertiary/aromatic N) is 6. The van der Waals surface area contributed by atoms with Crippen LogP contribution in [0.3, 0.4) is 0 Å². The summed E-state index contributed by atoms with van der Waals surface area (Å²) in [5.74, 6) is -1.56. The van der Waals surface area contributed by atoms with Crippen LogP contribution in [-0.2, 0) is 12.7 Å². The molecule has 0 saturated heterocycles. The lowest BCUT2D eigenvalue weighted by molar-refractivity contribution is -0.159. The molecule has 0 amide bonds. The normalized spacial score (nSPS) is 11.5. The third-order valence-corrected chi connectivity index (χ3v) is 3.75. The number of nitrogens with one attached hydrogen (secondary N) is 1. The van der Waals surface area contributed by atoms with E-state index in [1.54, 1.807) is 23.1 Å². The summed E-state index contributed by atoms with van der Waals surface area (Å²) >= 11 is 0. The predicted molar refractivity (Wildman–Crippen MR) is 91.2 cm³/mol. The summed E-state index contributed by atoms with van der Waals surface area (Å²) in [6, 6.07) is 10.8. The van der Waals surface area contributed by atoms with E-state index in [1.165, 1.54) is 12.5 Å². The summed E-state index contributed by atoms with van der Waals surface area (Å²) in [5.41, 5.74) is 2.72. The lowest BCUT2D eigenvalue weighted by Crippen LogP contribution is -2.05. The van der Waals surface area contributed by atoms with E-state index in [0.717, 1.165) is 11.4 Å². The fourth-order valence-electron chi connectivity index (χ4n) is 2.41. The van der Waals surface area contributed by atoms with Crippen LogP contribution in [-0.4, -0.2) is 29.9 Å². The maximum absolute atomic E-state index is 12.5. The van der Waals surface area contributed by atoms with Gasteiger partial charge in [-0.25, -0.2) is 9.67 Å². The standard InChI is InChI=1S/C17H12F3N7O/c18-17(19,20)16-25-15(26-28-16)11-4-5-13(22-7-11)8-23-12-2-1-3-14(6-12)27-10-21-9-24-27/h1-7,9-10,23H,8H2. The van der Waals surface area contributed by atoms with Gasteiger partial charge in [0, 0.05) is 17.4 Å². The summed E-state index contributed by atoms with van der Waals surface area (Å²) in [6.45, 7) is 0.418. The van der Waals surface area contributed by atoms with Gasteiger partial charge >= 0.3 is 12.1 Å². The van der Waals surface area contributed by atoms with E-state index in [0.29, 0.717) is 17.8 Å². The molecule has 0 radical (unpaired) electrons. The van der Waals surface area contributed by atoms with Crippen molar-refractivity contribution in [3.8, 4) is 17.1 Å². The monoisotopic (exact) mass is 387 g/mol. The van der Waals surface area contributed by atoms with Crippen LogP contribution in [0.15, 0.2) is 59.8 Å². The molecule has 3 aromatic heterocycles. The van der Waals surface area contributed by atoms with Crippen LogP contribution < -0.4 is 5.32 Å². The molecule has 0 saturated carbocycles. The first-order valence-electron chi connectivity index (χ1n) is 8.04. The molecule has 11 heteroatoms. The highest BCUT2D eigenvalue weighted by Gasteiger charge is 2.38. The van der Waals surface area contributed by atoms with Crippen molar-refractivity contribution in [2.45, 2.75) is 12.7 Å². The lowest BCUT2D eigenvalue weighted by Gasteiger charge is -2.08. The second-order valence-corrected chi connectivity index (χ2v) is 5.70. The number of hydrogen-bond donors (Lipinski definition) is 1. The van der Waals surface area contributed by atoms with E-state index < -0.39 is 12.1 Å². The number of rotatable bonds is 5. The van der Waals surface area contributed by atoms with Gasteiger partial charge in [0.2, 0.25) is 5.82 Å². The van der Waals surface area contributed by atoms with E-state index in [2.05, 4.69) is 35.0 Å². The Labute approximate surface area is 156 Å². The molecule has 0 aliphatic rings. The molecular formula is C17H12F3N7O. The number of anilines is 1. The van der Waals surface area contributed by atoms with Crippen LogP contribution >= 0.6 is 0 Å². The molecule has 0 spiro atoms. The topological polar surface area (TPSA) is 94.6 Å². The SMILES string of the molecule is FC(F)(F)c1nc(-c2ccc(CNc3cccc(-n4cncn4)c3)nc2)no1. The molecule has 0 aliphatic heterocycles. The largest absolute Gasteiger partial charge is 0.471 e. The van der Waals surface area contributed by atoms with Crippen molar-refractivity contribution in [3.05, 3.63) is 66.8 Å². The van der Waals surface area contributed by atoms with Crippen LogP contribution in [0.5, 0.6) is 0 Å². The number of aromatic nitrogens is 6. The first kappa shape index (κ1) is 17.6. The van der Waals surface area contributed by atoms with Gasteiger partial charge in [-0.2, -0.15) is 23.3 Å². The van der Waals surface area contributed by atoms with Crippen LogP contribution in [0.2, 0.25) is 0 Å². The van der Waals surface area contributed by atoms with Gasteiger partial charge < -0.3 is 9.84 Å². The summed E-state index contributed by atoms with van der Waals surface area (Å²) in [6.07, 6.45) is -0.230. The van der Waals surface area contributed by atoms with Crippen molar-refractivity contribution in [2.24, 2.45) is 0 Å². The molecule has 28 heavy (non-hydrogen) atoms. The van der Waals surface area contributed by atoms with Gasteiger partial charge in [0.25, 0.3) is 0 Å². The fourth-order valence-corrected chi connectivity index (χ4v) is 2.41. The molecule has 0 aliphatic carbocycles. The number of pyridine rings is 1. The zero-order chi connectivity index (χ0) is 19.6. The predicted octanol–water partition coefficient (Wildman–Crippen LogP) is 3.34. The second-order valence-electron chi connectivity index (χ2n) is 5.70. The number of hydrogen-bond acceptors (Lipinski definition) is 7. The summed E-state index contributed by atoms with van der Waals surface area (Å²) in [5, 5.41) is 10.6. The average molecular weight is 387 g/mol. The van der Waals surface area contributed by atoms with E-state index >= 15 is 0 Å². The van der Waals surface area contributed by atoms with E-state index in [1.807, 2.05) is 24.3 Å². The maximum atomic E-state index is 12.5. The maximum Gasteiger partial charge on any atom is 0.471 e. The van der Waals surface area contributed by atoms with Crippen LogP contribution in [0, 0.1) is 0 Å². The minimum Gasteiger partial charge on any atom is -0.379 e. The minimum absolute atomic E-state index is 0.167. The smallest absolute Gasteiger partial charge is 0.379 e. The Balaban J connectivity index is 1.43. The van der Waals surface area contributed by atoms with Crippen LogP contribution in [0.1, 0.15) is 11.6 Å². The highest BCUT2D eigenvalue weighted by atomic mass is 19.4. The molecule has 3 heterocycles. The highest BCUT2D eigenvalue weighted by molar-refractivity contribution is 5.53. The van der Waals surface area contributed by atoms with Gasteiger partial charge in [-0.3, -0.25) is 4.98 Å². The number of benzene rings is 1.